The third kappa shape index (κ3) is 1.73. The molecule has 0 unspecified atom stereocenters. The molecule has 2 aliphatic rings. The van der Waals surface area contributed by atoms with Gasteiger partial charge in [0.05, 0.1) is 7.85 Å². The van der Waals surface area contributed by atoms with Gasteiger partial charge in [0.1, 0.15) is 0 Å². The van der Waals surface area contributed by atoms with Gasteiger partial charge >= 0.3 is 0 Å². The first-order valence-electron chi connectivity index (χ1n) is 6.09. The van der Waals surface area contributed by atoms with Gasteiger partial charge in [0.15, 0.2) is 0 Å². The van der Waals surface area contributed by atoms with E-state index in [-0.39, 0.29) is 0 Å². The number of para-hydroxylation sites is 1. The van der Waals surface area contributed by atoms with Crippen LogP contribution in [0.3, 0.4) is 0 Å². The van der Waals surface area contributed by atoms with Crippen LogP contribution in [0.2, 0.25) is 0 Å². The topological polar surface area (TPSA) is 6.48 Å². The molecule has 0 N–H and O–H groups in total. The van der Waals surface area contributed by atoms with Crippen LogP contribution in [0, 0.1) is 11.8 Å². The second kappa shape index (κ2) is 4.13. The first-order valence-corrected chi connectivity index (χ1v) is 6.09. The smallest absolute Gasteiger partial charge is 0.0863 e. The Labute approximate surface area is 98.6 Å². The normalized spacial score (nSPS) is 29.6. The van der Waals surface area contributed by atoms with Gasteiger partial charge in [0.25, 0.3) is 0 Å². The monoisotopic (exact) mass is 212 g/mol. The minimum atomic E-state index is 0.721. The van der Waals surface area contributed by atoms with Crippen molar-refractivity contribution >= 4 is 13.5 Å². The fourth-order valence-corrected chi connectivity index (χ4v) is 3.09. The quantitative estimate of drug-likeness (QED) is 0.679. The number of rotatable bonds is 2. The van der Waals surface area contributed by atoms with Gasteiger partial charge < -0.3 is 9.80 Å². The molecule has 2 radical (unpaired) electrons. The van der Waals surface area contributed by atoms with Gasteiger partial charge in [0.2, 0.25) is 0 Å². The summed E-state index contributed by atoms with van der Waals surface area (Å²) in [7, 11) is 5.70. The number of hydrogen-bond acceptors (Lipinski definition) is 2. The number of benzene rings is 1. The van der Waals surface area contributed by atoms with Crippen LogP contribution in [0.1, 0.15) is 0 Å². The largest absolute Gasteiger partial charge is 0.371 e. The molecule has 1 aromatic rings. The third-order valence-corrected chi connectivity index (χ3v) is 3.94. The van der Waals surface area contributed by atoms with Crippen molar-refractivity contribution in [1.82, 2.24) is 4.90 Å². The van der Waals surface area contributed by atoms with Gasteiger partial charge in [-0.2, -0.15) is 0 Å². The summed E-state index contributed by atoms with van der Waals surface area (Å²) in [5.74, 6) is 1.65. The number of fused-ring (bicyclic) bond motifs is 1. The Bertz CT molecular complexity index is 340. The average molecular weight is 212 g/mol. The lowest BCUT2D eigenvalue weighted by molar-refractivity contribution is 0.368. The fraction of sp³-hybridized carbons (Fsp3) is 0.538. The number of likely N-dealkylation sites (tertiary alicyclic amines) is 1. The molecule has 0 amide bonds. The van der Waals surface area contributed by atoms with Crippen LogP contribution < -0.4 is 4.90 Å². The van der Waals surface area contributed by atoms with Crippen molar-refractivity contribution in [2.75, 3.05) is 37.5 Å². The molecular formula is C13H17BN2. The molecule has 3 rings (SSSR count). The summed E-state index contributed by atoms with van der Waals surface area (Å²) < 4.78 is 0. The predicted octanol–water partition coefficient (Wildman–Crippen LogP) is 1.18. The number of anilines is 1. The highest BCUT2D eigenvalue weighted by Crippen LogP contribution is 2.33. The van der Waals surface area contributed by atoms with Gasteiger partial charge in [-0.05, 0) is 30.4 Å². The lowest BCUT2D eigenvalue weighted by atomic mass is 10.0. The van der Waals surface area contributed by atoms with Crippen LogP contribution in [-0.4, -0.2) is 45.4 Å². The van der Waals surface area contributed by atoms with Crippen molar-refractivity contribution in [3.05, 3.63) is 30.3 Å². The highest BCUT2D eigenvalue weighted by molar-refractivity contribution is 6.08. The second-order valence-corrected chi connectivity index (χ2v) is 4.98. The summed E-state index contributed by atoms with van der Waals surface area (Å²) in [6, 6.07) is 10.7. The zero-order valence-corrected chi connectivity index (χ0v) is 9.55. The van der Waals surface area contributed by atoms with E-state index < -0.39 is 0 Å². The first-order chi connectivity index (χ1) is 7.86. The minimum Gasteiger partial charge on any atom is -0.371 e. The fourth-order valence-electron chi connectivity index (χ4n) is 3.09. The van der Waals surface area contributed by atoms with Gasteiger partial charge in [-0.15, -0.1) is 0 Å². The maximum atomic E-state index is 5.70. The molecule has 0 saturated carbocycles. The first kappa shape index (κ1) is 10.2. The van der Waals surface area contributed by atoms with Crippen molar-refractivity contribution in [2.45, 2.75) is 0 Å². The Morgan fingerprint density at radius 2 is 1.62 bits per heavy atom. The van der Waals surface area contributed by atoms with Crippen LogP contribution in [0.4, 0.5) is 5.69 Å². The molecule has 0 aliphatic carbocycles. The van der Waals surface area contributed by atoms with Crippen molar-refractivity contribution in [3.63, 3.8) is 0 Å². The lowest BCUT2D eigenvalue weighted by Gasteiger charge is -2.22. The molecule has 82 valence electrons. The molecule has 0 spiro atoms. The van der Waals surface area contributed by atoms with Crippen LogP contribution in [0.25, 0.3) is 0 Å². The van der Waals surface area contributed by atoms with Gasteiger partial charge in [-0.3, -0.25) is 0 Å². The highest BCUT2D eigenvalue weighted by atomic mass is 15.2. The van der Waals surface area contributed by atoms with E-state index in [2.05, 4.69) is 40.1 Å². The average Bonchev–Trinajstić information content (AvgIpc) is 2.87. The van der Waals surface area contributed by atoms with E-state index in [1.807, 2.05) is 0 Å². The number of nitrogens with zero attached hydrogens (tertiary/aromatic N) is 2. The Hall–Kier alpha value is -0.955. The summed E-state index contributed by atoms with van der Waals surface area (Å²) in [4.78, 5) is 4.89. The summed E-state index contributed by atoms with van der Waals surface area (Å²) in [6.45, 7) is 4.77. The molecular weight excluding hydrogens is 195 g/mol. The molecule has 2 fully saturated rings. The van der Waals surface area contributed by atoms with E-state index in [1.165, 1.54) is 31.9 Å². The molecule has 3 heteroatoms. The summed E-state index contributed by atoms with van der Waals surface area (Å²) in [5, 5.41) is 0. The lowest BCUT2D eigenvalue weighted by Crippen LogP contribution is -2.29. The molecule has 1 aromatic carbocycles. The van der Waals surface area contributed by atoms with E-state index in [9.17, 15) is 0 Å². The minimum absolute atomic E-state index is 0.721. The van der Waals surface area contributed by atoms with Gasteiger partial charge in [-0.25, -0.2) is 0 Å². The summed E-state index contributed by atoms with van der Waals surface area (Å²) in [6.07, 6.45) is 0.721. The zero-order valence-electron chi connectivity index (χ0n) is 9.55. The van der Waals surface area contributed by atoms with Crippen molar-refractivity contribution in [1.29, 1.82) is 0 Å². The summed E-state index contributed by atoms with van der Waals surface area (Å²) >= 11 is 0. The Morgan fingerprint density at radius 3 is 2.19 bits per heavy atom. The maximum absolute atomic E-state index is 5.70. The molecule has 2 atom stereocenters. The van der Waals surface area contributed by atoms with Gasteiger partial charge in [-0.1, -0.05) is 18.2 Å². The molecule has 0 bridgehead atoms. The van der Waals surface area contributed by atoms with Crippen molar-refractivity contribution < 1.29 is 0 Å². The zero-order chi connectivity index (χ0) is 11.0. The Morgan fingerprint density at radius 1 is 1.00 bits per heavy atom. The van der Waals surface area contributed by atoms with E-state index >= 15 is 0 Å². The predicted molar refractivity (Wildman–Crippen MR) is 67.8 cm³/mol. The van der Waals surface area contributed by atoms with E-state index in [1.54, 1.807) is 0 Å². The Balaban J connectivity index is 1.68. The number of hydrogen-bond donors (Lipinski definition) is 0. The molecule has 2 heterocycles. The molecule has 2 saturated heterocycles. The molecule has 16 heavy (non-hydrogen) atoms. The highest BCUT2D eigenvalue weighted by Gasteiger charge is 2.39. The molecule has 2 nitrogen and oxygen atoms in total. The third-order valence-electron chi connectivity index (χ3n) is 3.94. The maximum Gasteiger partial charge on any atom is 0.0863 e. The molecule has 0 aromatic heterocycles. The van der Waals surface area contributed by atoms with Crippen LogP contribution >= 0.6 is 0 Å². The van der Waals surface area contributed by atoms with Crippen molar-refractivity contribution in [3.8, 4) is 0 Å². The van der Waals surface area contributed by atoms with E-state index in [0.717, 1.165) is 18.3 Å². The van der Waals surface area contributed by atoms with E-state index in [0.29, 0.717) is 0 Å². The standard InChI is InChI=1S/C13H17BN2/c14-10-15-6-11-8-16(9-12(11)7-15)13-4-2-1-3-5-13/h1-5,11-12H,6-10H2/t11-,12+. The second-order valence-electron chi connectivity index (χ2n) is 4.98. The SMILES string of the molecule is [B]CN1C[C@@H]2CN(c3ccccc3)C[C@@H]2C1. The Kier molecular flexibility index (Phi) is 2.64. The summed E-state index contributed by atoms with van der Waals surface area (Å²) in [5.41, 5.74) is 1.37. The molecule has 2 aliphatic heterocycles. The van der Waals surface area contributed by atoms with E-state index in [4.69, 9.17) is 7.85 Å². The van der Waals surface area contributed by atoms with Crippen LogP contribution in [0.15, 0.2) is 30.3 Å². The van der Waals surface area contributed by atoms with Gasteiger partial charge in [0, 0.05) is 31.9 Å². The van der Waals surface area contributed by atoms with Crippen molar-refractivity contribution in [2.24, 2.45) is 11.8 Å². The van der Waals surface area contributed by atoms with Crippen LogP contribution in [-0.2, 0) is 0 Å². The van der Waals surface area contributed by atoms with Crippen LogP contribution in [0.5, 0.6) is 0 Å².